The molecule has 0 heterocycles. The molecule has 3 heteroatoms. The van der Waals surface area contributed by atoms with E-state index in [9.17, 15) is 4.39 Å². The first-order valence-electron chi connectivity index (χ1n) is 6.88. The molecule has 2 N–H and O–H groups in total. The number of halogens is 1. The van der Waals surface area contributed by atoms with Gasteiger partial charge in [0.2, 0.25) is 0 Å². The van der Waals surface area contributed by atoms with Crippen LogP contribution in [0.4, 0.5) is 10.1 Å². The predicted octanol–water partition coefficient (Wildman–Crippen LogP) is 3.42. The number of hydrogen-bond acceptors (Lipinski definition) is 2. The van der Waals surface area contributed by atoms with Crippen LogP contribution in [0.2, 0.25) is 0 Å². The first kappa shape index (κ1) is 15.0. The van der Waals surface area contributed by atoms with Gasteiger partial charge in [-0.25, -0.2) is 4.39 Å². The minimum Gasteiger partial charge on any atom is -0.371 e. The molecule has 1 atom stereocenters. The molecule has 1 aromatic carbocycles. The lowest BCUT2D eigenvalue weighted by Gasteiger charge is -2.28. The summed E-state index contributed by atoms with van der Waals surface area (Å²) in [4.78, 5) is 2.31. The minimum absolute atomic E-state index is 0.181. The lowest BCUT2D eigenvalue weighted by Crippen LogP contribution is -2.30. The standard InChI is InChI=1S/C15H25FN2/c1-3-5-13(2)12-18(11-4-10-17)15-8-6-14(16)7-9-15/h6-9,13H,3-5,10-12,17H2,1-2H3. The highest BCUT2D eigenvalue weighted by atomic mass is 19.1. The van der Waals surface area contributed by atoms with Gasteiger partial charge in [0.25, 0.3) is 0 Å². The maximum absolute atomic E-state index is 12.9. The van der Waals surface area contributed by atoms with Crippen LogP contribution in [0.25, 0.3) is 0 Å². The monoisotopic (exact) mass is 252 g/mol. The van der Waals surface area contributed by atoms with Crippen LogP contribution in [0.3, 0.4) is 0 Å². The van der Waals surface area contributed by atoms with E-state index in [1.165, 1.54) is 25.0 Å². The molecule has 18 heavy (non-hydrogen) atoms. The highest BCUT2D eigenvalue weighted by Gasteiger charge is 2.10. The van der Waals surface area contributed by atoms with Crippen LogP contribution in [0.1, 0.15) is 33.1 Å². The van der Waals surface area contributed by atoms with Gasteiger partial charge in [-0.1, -0.05) is 20.3 Å². The molecule has 0 aliphatic heterocycles. The van der Waals surface area contributed by atoms with Crippen molar-refractivity contribution in [2.24, 2.45) is 11.7 Å². The number of nitrogens with two attached hydrogens (primary N) is 1. The predicted molar refractivity (Wildman–Crippen MR) is 76.4 cm³/mol. The first-order chi connectivity index (χ1) is 8.67. The average molecular weight is 252 g/mol. The summed E-state index contributed by atoms with van der Waals surface area (Å²) >= 11 is 0. The Morgan fingerprint density at radius 1 is 1.28 bits per heavy atom. The lowest BCUT2D eigenvalue weighted by atomic mass is 10.1. The van der Waals surface area contributed by atoms with Crippen molar-refractivity contribution in [1.29, 1.82) is 0 Å². The second-order valence-electron chi connectivity index (χ2n) is 4.96. The van der Waals surface area contributed by atoms with Gasteiger partial charge in [0, 0.05) is 18.8 Å². The van der Waals surface area contributed by atoms with Crippen LogP contribution in [-0.2, 0) is 0 Å². The Morgan fingerprint density at radius 3 is 2.50 bits per heavy atom. The maximum atomic E-state index is 12.9. The van der Waals surface area contributed by atoms with Crippen LogP contribution in [0.5, 0.6) is 0 Å². The Morgan fingerprint density at radius 2 is 1.94 bits per heavy atom. The molecule has 1 unspecified atom stereocenters. The highest BCUT2D eigenvalue weighted by molar-refractivity contribution is 5.46. The van der Waals surface area contributed by atoms with Crippen molar-refractivity contribution in [2.45, 2.75) is 33.1 Å². The molecule has 0 saturated carbocycles. The van der Waals surface area contributed by atoms with Crippen molar-refractivity contribution in [1.82, 2.24) is 0 Å². The van der Waals surface area contributed by atoms with Gasteiger partial charge in [0.05, 0.1) is 0 Å². The summed E-state index contributed by atoms with van der Waals surface area (Å²) in [5.74, 6) is 0.469. The second kappa shape index (κ2) is 8.09. The molecule has 0 saturated heterocycles. The summed E-state index contributed by atoms with van der Waals surface area (Å²) in [5.41, 5.74) is 6.67. The third-order valence-corrected chi connectivity index (χ3v) is 3.14. The van der Waals surface area contributed by atoms with E-state index in [1.54, 1.807) is 0 Å². The van der Waals surface area contributed by atoms with E-state index in [4.69, 9.17) is 5.73 Å². The smallest absolute Gasteiger partial charge is 0.123 e. The van der Waals surface area contributed by atoms with Crippen LogP contribution in [-0.4, -0.2) is 19.6 Å². The van der Waals surface area contributed by atoms with Crippen molar-refractivity contribution in [2.75, 3.05) is 24.5 Å². The topological polar surface area (TPSA) is 29.3 Å². The first-order valence-corrected chi connectivity index (χ1v) is 6.88. The molecule has 1 aromatic rings. The van der Waals surface area contributed by atoms with Crippen molar-refractivity contribution in [3.05, 3.63) is 30.1 Å². The zero-order chi connectivity index (χ0) is 13.4. The third kappa shape index (κ3) is 5.05. The Hall–Kier alpha value is -1.09. The van der Waals surface area contributed by atoms with Gasteiger partial charge in [0.1, 0.15) is 5.82 Å². The van der Waals surface area contributed by atoms with Gasteiger partial charge in [0.15, 0.2) is 0 Å². The van der Waals surface area contributed by atoms with Crippen LogP contribution < -0.4 is 10.6 Å². The summed E-state index contributed by atoms with van der Waals surface area (Å²) < 4.78 is 12.9. The normalized spacial score (nSPS) is 12.4. The van der Waals surface area contributed by atoms with E-state index in [-0.39, 0.29) is 5.82 Å². The number of benzene rings is 1. The van der Waals surface area contributed by atoms with E-state index in [0.717, 1.165) is 25.2 Å². The van der Waals surface area contributed by atoms with E-state index in [1.807, 2.05) is 12.1 Å². The van der Waals surface area contributed by atoms with Gasteiger partial charge in [-0.15, -0.1) is 0 Å². The van der Waals surface area contributed by atoms with Gasteiger partial charge in [-0.05, 0) is 49.6 Å². The largest absolute Gasteiger partial charge is 0.371 e. The molecular formula is C15H25FN2. The molecule has 0 aliphatic carbocycles. The molecule has 0 amide bonds. The van der Waals surface area contributed by atoms with Crippen molar-refractivity contribution in [3.8, 4) is 0 Å². The Kier molecular flexibility index (Phi) is 6.73. The molecule has 102 valence electrons. The van der Waals surface area contributed by atoms with Gasteiger partial charge in [-0.2, -0.15) is 0 Å². The second-order valence-corrected chi connectivity index (χ2v) is 4.96. The SMILES string of the molecule is CCCC(C)CN(CCCN)c1ccc(F)cc1. The van der Waals surface area contributed by atoms with Crippen LogP contribution in [0.15, 0.2) is 24.3 Å². The summed E-state index contributed by atoms with van der Waals surface area (Å²) in [7, 11) is 0. The maximum Gasteiger partial charge on any atom is 0.123 e. The number of nitrogens with zero attached hydrogens (tertiary/aromatic N) is 1. The fraction of sp³-hybridized carbons (Fsp3) is 0.600. The highest BCUT2D eigenvalue weighted by Crippen LogP contribution is 2.18. The van der Waals surface area contributed by atoms with E-state index in [2.05, 4.69) is 18.7 Å². The van der Waals surface area contributed by atoms with Crippen molar-refractivity contribution < 1.29 is 4.39 Å². The van der Waals surface area contributed by atoms with Gasteiger partial charge < -0.3 is 10.6 Å². The quantitative estimate of drug-likeness (QED) is 0.768. The van der Waals surface area contributed by atoms with Crippen molar-refractivity contribution in [3.63, 3.8) is 0 Å². The molecule has 0 radical (unpaired) electrons. The minimum atomic E-state index is -0.181. The summed E-state index contributed by atoms with van der Waals surface area (Å²) in [5, 5.41) is 0. The van der Waals surface area contributed by atoms with Crippen LogP contribution >= 0.6 is 0 Å². The molecule has 0 fully saturated rings. The molecule has 2 nitrogen and oxygen atoms in total. The van der Waals surface area contributed by atoms with E-state index < -0.39 is 0 Å². The van der Waals surface area contributed by atoms with Crippen LogP contribution in [0, 0.1) is 11.7 Å². The number of rotatable bonds is 8. The Labute approximate surface area is 110 Å². The fourth-order valence-electron chi connectivity index (χ4n) is 2.22. The van der Waals surface area contributed by atoms with E-state index in [0.29, 0.717) is 12.5 Å². The number of hydrogen-bond donors (Lipinski definition) is 1. The summed E-state index contributed by atoms with van der Waals surface area (Å²) in [6.07, 6.45) is 3.39. The zero-order valence-corrected chi connectivity index (χ0v) is 11.5. The lowest BCUT2D eigenvalue weighted by molar-refractivity contribution is 0.509. The van der Waals surface area contributed by atoms with Gasteiger partial charge >= 0.3 is 0 Å². The average Bonchev–Trinajstić information content (AvgIpc) is 2.36. The Balaban J connectivity index is 2.67. The molecular weight excluding hydrogens is 227 g/mol. The van der Waals surface area contributed by atoms with Gasteiger partial charge in [-0.3, -0.25) is 0 Å². The summed E-state index contributed by atoms with van der Waals surface area (Å²) in [6, 6.07) is 6.75. The Bertz CT molecular complexity index is 324. The molecule has 0 spiro atoms. The molecule has 1 rings (SSSR count). The molecule has 0 aliphatic rings. The number of anilines is 1. The third-order valence-electron chi connectivity index (χ3n) is 3.14. The zero-order valence-electron chi connectivity index (χ0n) is 11.5. The van der Waals surface area contributed by atoms with Crippen molar-refractivity contribution >= 4 is 5.69 Å². The fourth-order valence-corrected chi connectivity index (χ4v) is 2.22. The van der Waals surface area contributed by atoms with E-state index >= 15 is 0 Å². The molecule has 0 bridgehead atoms. The molecule has 0 aromatic heterocycles. The summed E-state index contributed by atoms with van der Waals surface area (Å²) in [6.45, 7) is 7.12.